The molecule has 1 aromatic rings. The Balaban J connectivity index is 1.95. The summed E-state index contributed by atoms with van der Waals surface area (Å²) >= 11 is 11.9. The number of benzene rings is 1. The van der Waals surface area contributed by atoms with Crippen LogP contribution in [0, 0.1) is 5.41 Å². The van der Waals surface area contributed by atoms with Crippen molar-refractivity contribution in [3.63, 3.8) is 0 Å². The predicted octanol–water partition coefficient (Wildman–Crippen LogP) is 5.37. The Kier molecular flexibility index (Phi) is 3.89. The lowest BCUT2D eigenvalue weighted by Gasteiger charge is -2.35. The second-order valence-corrected chi connectivity index (χ2v) is 6.53. The van der Waals surface area contributed by atoms with Crippen LogP contribution in [-0.2, 0) is 0 Å². The molecule has 3 heteroatoms. The third-order valence-corrected chi connectivity index (χ3v) is 4.37. The maximum atomic E-state index is 6.00. The van der Waals surface area contributed by atoms with Gasteiger partial charge < -0.3 is 5.32 Å². The van der Waals surface area contributed by atoms with Gasteiger partial charge in [-0.05, 0) is 49.3 Å². The smallest absolute Gasteiger partial charge is 0.0612 e. The van der Waals surface area contributed by atoms with Gasteiger partial charge in [0.25, 0.3) is 0 Å². The number of hydrogen-bond acceptors (Lipinski definition) is 1. The van der Waals surface area contributed by atoms with Gasteiger partial charge in [-0.1, -0.05) is 37.0 Å². The first-order valence-corrected chi connectivity index (χ1v) is 6.93. The van der Waals surface area contributed by atoms with E-state index in [1.165, 1.54) is 25.7 Å². The van der Waals surface area contributed by atoms with Crippen LogP contribution in [0.25, 0.3) is 0 Å². The number of hydrogen-bond donors (Lipinski definition) is 1. The van der Waals surface area contributed by atoms with E-state index < -0.39 is 0 Å². The minimum atomic E-state index is 0.510. The summed E-state index contributed by atoms with van der Waals surface area (Å²) < 4.78 is 0. The number of nitrogens with one attached hydrogen (secondary N) is 1. The van der Waals surface area contributed by atoms with Crippen molar-refractivity contribution < 1.29 is 0 Å². The quantitative estimate of drug-likeness (QED) is 0.762. The van der Waals surface area contributed by atoms with E-state index in [9.17, 15) is 0 Å². The zero-order chi connectivity index (χ0) is 12.5. The van der Waals surface area contributed by atoms with Crippen LogP contribution in [0.4, 0.5) is 5.69 Å². The van der Waals surface area contributed by atoms with E-state index in [1.807, 2.05) is 18.2 Å². The Morgan fingerprint density at radius 1 is 1.12 bits per heavy atom. The van der Waals surface area contributed by atoms with Crippen LogP contribution < -0.4 is 5.32 Å². The molecule has 0 bridgehead atoms. The van der Waals surface area contributed by atoms with Gasteiger partial charge in [-0.25, -0.2) is 0 Å². The molecule has 0 saturated heterocycles. The van der Waals surface area contributed by atoms with E-state index >= 15 is 0 Å². The number of anilines is 1. The highest BCUT2D eigenvalue weighted by Gasteiger charge is 2.26. The Bertz CT molecular complexity index is 391. The zero-order valence-corrected chi connectivity index (χ0v) is 11.9. The van der Waals surface area contributed by atoms with Gasteiger partial charge in [-0.3, -0.25) is 0 Å². The lowest BCUT2D eigenvalue weighted by Crippen LogP contribution is -2.29. The van der Waals surface area contributed by atoms with Gasteiger partial charge in [0.15, 0.2) is 0 Å². The molecule has 1 nitrogen and oxygen atoms in total. The van der Waals surface area contributed by atoms with E-state index in [2.05, 4.69) is 19.2 Å². The van der Waals surface area contributed by atoms with Crippen LogP contribution in [-0.4, -0.2) is 6.04 Å². The summed E-state index contributed by atoms with van der Waals surface area (Å²) in [6.07, 6.45) is 5.03. The van der Waals surface area contributed by atoms with Crippen molar-refractivity contribution >= 4 is 28.9 Å². The molecule has 2 rings (SSSR count). The molecule has 1 fully saturated rings. The molecule has 0 spiro atoms. The molecular formula is C14H19Cl2N. The van der Waals surface area contributed by atoms with E-state index in [4.69, 9.17) is 23.2 Å². The van der Waals surface area contributed by atoms with E-state index in [1.54, 1.807) is 0 Å². The van der Waals surface area contributed by atoms with Crippen LogP contribution >= 0.6 is 23.2 Å². The fourth-order valence-electron chi connectivity index (χ4n) is 2.37. The molecule has 1 N–H and O–H groups in total. The maximum Gasteiger partial charge on any atom is 0.0612 e. The molecule has 0 aliphatic heterocycles. The normalized spacial score (nSPS) is 20.2. The summed E-state index contributed by atoms with van der Waals surface area (Å²) in [7, 11) is 0. The predicted molar refractivity (Wildman–Crippen MR) is 76.1 cm³/mol. The summed E-state index contributed by atoms with van der Waals surface area (Å²) in [6, 6.07) is 6.32. The zero-order valence-electron chi connectivity index (χ0n) is 10.4. The van der Waals surface area contributed by atoms with Gasteiger partial charge in [0.1, 0.15) is 0 Å². The van der Waals surface area contributed by atoms with Crippen molar-refractivity contribution in [2.75, 3.05) is 5.32 Å². The highest BCUT2D eigenvalue weighted by molar-refractivity contribution is 6.42. The second kappa shape index (κ2) is 5.07. The molecule has 0 unspecified atom stereocenters. The summed E-state index contributed by atoms with van der Waals surface area (Å²) in [6.45, 7) is 4.70. The Morgan fingerprint density at radius 2 is 1.76 bits per heavy atom. The van der Waals surface area contributed by atoms with Gasteiger partial charge in [-0.15, -0.1) is 0 Å². The molecule has 1 aromatic carbocycles. The topological polar surface area (TPSA) is 12.0 Å². The molecular weight excluding hydrogens is 253 g/mol. The SMILES string of the molecule is CC1(C)CCC(Nc2ccc(Cl)c(Cl)c2)CC1. The first kappa shape index (κ1) is 13.0. The van der Waals surface area contributed by atoms with Crippen molar-refractivity contribution in [2.24, 2.45) is 5.41 Å². The summed E-state index contributed by atoms with van der Waals surface area (Å²) in [5, 5.41) is 4.77. The van der Waals surface area contributed by atoms with Crippen molar-refractivity contribution in [1.29, 1.82) is 0 Å². The van der Waals surface area contributed by atoms with Gasteiger partial charge in [0, 0.05) is 11.7 Å². The summed E-state index contributed by atoms with van der Waals surface area (Å²) in [4.78, 5) is 0. The first-order chi connectivity index (χ1) is 7.96. The van der Waals surface area contributed by atoms with Crippen molar-refractivity contribution in [3.05, 3.63) is 28.2 Å². The molecule has 94 valence electrons. The average Bonchev–Trinajstić information content (AvgIpc) is 2.27. The first-order valence-electron chi connectivity index (χ1n) is 6.18. The summed E-state index contributed by atoms with van der Waals surface area (Å²) in [5.74, 6) is 0. The molecule has 0 amide bonds. The minimum absolute atomic E-state index is 0.510. The van der Waals surface area contributed by atoms with Gasteiger partial charge in [0.05, 0.1) is 10.0 Å². The van der Waals surface area contributed by atoms with E-state index in [0.717, 1.165) is 5.69 Å². The monoisotopic (exact) mass is 271 g/mol. The van der Waals surface area contributed by atoms with Gasteiger partial charge in [-0.2, -0.15) is 0 Å². The fourth-order valence-corrected chi connectivity index (χ4v) is 2.66. The Labute approximate surface area is 114 Å². The van der Waals surface area contributed by atoms with E-state index in [-0.39, 0.29) is 0 Å². The summed E-state index contributed by atoms with van der Waals surface area (Å²) in [5.41, 5.74) is 1.58. The van der Waals surface area contributed by atoms with Gasteiger partial charge >= 0.3 is 0 Å². The van der Waals surface area contributed by atoms with Crippen LogP contribution in [0.5, 0.6) is 0 Å². The minimum Gasteiger partial charge on any atom is -0.382 e. The van der Waals surface area contributed by atoms with Crippen molar-refractivity contribution in [2.45, 2.75) is 45.6 Å². The van der Waals surface area contributed by atoms with Crippen LogP contribution in [0.1, 0.15) is 39.5 Å². The third-order valence-electron chi connectivity index (χ3n) is 3.63. The Hall–Kier alpha value is -0.400. The van der Waals surface area contributed by atoms with Crippen molar-refractivity contribution in [1.82, 2.24) is 0 Å². The third kappa shape index (κ3) is 3.53. The van der Waals surface area contributed by atoms with Crippen molar-refractivity contribution in [3.8, 4) is 0 Å². The molecule has 1 aliphatic rings. The lowest BCUT2D eigenvalue weighted by atomic mass is 9.75. The largest absolute Gasteiger partial charge is 0.382 e. The molecule has 0 heterocycles. The maximum absolute atomic E-state index is 6.00. The second-order valence-electron chi connectivity index (χ2n) is 5.71. The lowest BCUT2D eigenvalue weighted by molar-refractivity contribution is 0.232. The van der Waals surface area contributed by atoms with Crippen LogP contribution in [0.3, 0.4) is 0 Å². The molecule has 17 heavy (non-hydrogen) atoms. The average molecular weight is 272 g/mol. The number of halogens is 2. The molecule has 0 radical (unpaired) electrons. The standard InChI is InChI=1S/C14H19Cl2N/c1-14(2)7-5-10(6-8-14)17-11-3-4-12(15)13(16)9-11/h3-4,9-10,17H,5-8H2,1-2H3. The van der Waals surface area contributed by atoms with Crippen LogP contribution in [0.2, 0.25) is 10.0 Å². The highest BCUT2D eigenvalue weighted by Crippen LogP contribution is 2.36. The highest BCUT2D eigenvalue weighted by atomic mass is 35.5. The van der Waals surface area contributed by atoms with Gasteiger partial charge in [0.2, 0.25) is 0 Å². The molecule has 0 atom stereocenters. The number of rotatable bonds is 2. The Morgan fingerprint density at radius 3 is 2.35 bits per heavy atom. The molecule has 1 saturated carbocycles. The van der Waals surface area contributed by atoms with Crippen LogP contribution in [0.15, 0.2) is 18.2 Å². The fraction of sp³-hybridized carbons (Fsp3) is 0.571. The van der Waals surface area contributed by atoms with E-state index in [0.29, 0.717) is 21.5 Å². The molecule has 0 aromatic heterocycles. The molecule has 1 aliphatic carbocycles.